The third-order valence-corrected chi connectivity index (χ3v) is 3.40. The summed E-state index contributed by atoms with van der Waals surface area (Å²) in [6.07, 6.45) is 1.64. The number of nitrogens with zero attached hydrogens (tertiary/aromatic N) is 1. The third-order valence-electron chi connectivity index (χ3n) is 3.40. The van der Waals surface area contributed by atoms with Gasteiger partial charge in [-0.2, -0.15) is 5.10 Å². The van der Waals surface area contributed by atoms with E-state index in [2.05, 4.69) is 10.5 Å². The Kier molecular flexibility index (Phi) is 6.57. The lowest BCUT2D eigenvalue weighted by Crippen LogP contribution is -2.18. The molecular formula is C20H24N2O3. The summed E-state index contributed by atoms with van der Waals surface area (Å²) < 4.78 is 11.3. The normalized spacial score (nSPS) is 10.9. The van der Waals surface area contributed by atoms with Gasteiger partial charge in [-0.15, -0.1) is 0 Å². The molecule has 1 N–H and O–H groups in total. The molecule has 0 saturated carbocycles. The molecule has 0 spiro atoms. The topological polar surface area (TPSA) is 59.9 Å². The molecule has 0 bridgehead atoms. The van der Waals surface area contributed by atoms with Gasteiger partial charge < -0.3 is 9.47 Å². The molecule has 0 atom stereocenters. The Morgan fingerprint density at radius 3 is 2.64 bits per heavy atom. The van der Waals surface area contributed by atoms with Crippen LogP contribution in [0, 0.1) is 6.92 Å². The Morgan fingerprint density at radius 1 is 1.20 bits per heavy atom. The number of nitrogens with one attached hydrogen (secondary N) is 1. The zero-order valence-electron chi connectivity index (χ0n) is 15.1. The van der Waals surface area contributed by atoms with Crippen molar-refractivity contribution in [3.8, 4) is 11.5 Å². The molecule has 2 aromatic rings. The lowest BCUT2D eigenvalue weighted by Gasteiger charge is -2.14. The average Bonchev–Trinajstić information content (AvgIpc) is 2.57. The van der Waals surface area contributed by atoms with Gasteiger partial charge in [0.15, 0.2) is 11.5 Å². The third kappa shape index (κ3) is 5.35. The molecule has 25 heavy (non-hydrogen) atoms. The number of hydrogen-bond acceptors (Lipinski definition) is 4. The molecule has 132 valence electrons. The molecule has 1 amide bonds. The van der Waals surface area contributed by atoms with E-state index < -0.39 is 0 Å². The number of rotatable bonds is 7. The standard InChI is InChI=1S/C20H24N2O3/c1-5-24-19-12-16(10-11-18(19)25-14(2)3)13-21-22-20(23)17-9-7-6-8-15(17)4/h6-14H,5H2,1-4H3,(H,22,23)/b21-13+. The molecule has 0 saturated heterocycles. The summed E-state index contributed by atoms with van der Waals surface area (Å²) in [5.74, 6) is 1.11. The molecule has 0 aliphatic carbocycles. The molecular weight excluding hydrogens is 316 g/mol. The molecule has 0 unspecified atom stereocenters. The van der Waals surface area contributed by atoms with Crippen molar-refractivity contribution in [2.24, 2.45) is 5.10 Å². The van der Waals surface area contributed by atoms with Gasteiger partial charge in [-0.3, -0.25) is 4.79 Å². The van der Waals surface area contributed by atoms with Crippen LogP contribution in [0.4, 0.5) is 0 Å². The number of hydrogen-bond donors (Lipinski definition) is 1. The van der Waals surface area contributed by atoms with Crippen LogP contribution in [-0.4, -0.2) is 24.8 Å². The Bertz CT molecular complexity index is 754. The van der Waals surface area contributed by atoms with Gasteiger partial charge in [0, 0.05) is 5.56 Å². The lowest BCUT2D eigenvalue weighted by atomic mass is 10.1. The van der Waals surface area contributed by atoms with E-state index in [1.54, 1.807) is 12.3 Å². The van der Waals surface area contributed by atoms with Gasteiger partial charge >= 0.3 is 0 Å². The summed E-state index contributed by atoms with van der Waals surface area (Å²) in [5, 5.41) is 4.03. The van der Waals surface area contributed by atoms with Gasteiger partial charge in [0.05, 0.1) is 18.9 Å². The smallest absolute Gasteiger partial charge is 0.271 e. The molecule has 0 aromatic heterocycles. The summed E-state index contributed by atoms with van der Waals surface area (Å²) in [5.41, 5.74) is 4.87. The van der Waals surface area contributed by atoms with Crippen molar-refractivity contribution in [3.63, 3.8) is 0 Å². The maximum atomic E-state index is 12.1. The molecule has 5 heteroatoms. The van der Waals surface area contributed by atoms with Gasteiger partial charge in [0.2, 0.25) is 0 Å². The lowest BCUT2D eigenvalue weighted by molar-refractivity contribution is 0.0954. The highest BCUT2D eigenvalue weighted by atomic mass is 16.5. The van der Waals surface area contributed by atoms with E-state index in [0.29, 0.717) is 23.7 Å². The summed E-state index contributed by atoms with van der Waals surface area (Å²) >= 11 is 0. The van der Waals surface area contributed by atoms with Crippen LogP contribution in [0.2, 0.25) is 0 Å². The highest BCUT2D eigenvalue weighted by molar-refractivity contribution is 5.96. The van der Waals surface area contributed by atoms with E-state index >= 15 is 0 Å². The van der Waals surface area contributed by atoms with Crippen molar-refractivity contribution in [1.29, 1.82) is 0 Å². The number of benzene rings is 2. The van der Waals surface area contributed by atoms with Crippen LogP contribution in [-0.2, 0) is 0 Å². The monoisotopic (exact) mass is 340 g/mol. The number of carbonyl (C=O) groups is 1. The second kappa shape index (κ2) is 8.87. The highest BCUT2D eigenvalue weighted by Gasteiger charge is 2.08. The molecule has 2 aromatic carbocycles. The molecule has 0 fully saturated rings. The van der Waals surface area contributed by atoms with Crippen molar-refractivity contribution < 1.29 is 14.3 Å². The summed E-state index contributed by atoms with van der Waals surface area (Å²) in [7, 11) is 0. The average molecular weight is 340 g/mol. The number of amides is 1. The first-order chi connectivity index (χ1) is 12.0. The number of ether oxygens (including phenoxy) is 2. The van der Waals surface area contributed by atoms with Gasteiger partial charge in [-0.05, 0) is 63.1 Å². The van der Waals surface area contributed by atoms with Crippen LogP contribution in [0.15, 0.2) is 47.6 Å². The molecule has 2 rings (SSSR count). The zero-order valence-corrected chi connectivity index (χ0v) is 15.1. The fourth-order valence-corrected chi connectivity index (χ4v) is 2.28. The first-order valence-corrected chi connectivity index (χ1v) is 8.33. The Hall–Kier alpha value is -2.82. The summed E-state index contributed by atoms with van der Waals surface area (Å²) in [6.45, 7) is 8.28. The van der Waals surface area contributed by atoms with Gasteiger partial charge in [0.1, 0.15) is 0 Å². The fourth-order valence-electron chi connectivity index (χ4n) is 2.28. The van der Waals surface area contributed by atoms with Gasteiger partial charge in [-0.1, -0.05) is 18.2 Å². The van der Waals surface area contributed by atoms with E-state index in [0.717, 1.165) is 11.1 Å². The largest absolute Gasteiger partial charge is 0.490 e. The van der Waals surface area contributed by atoms with Crippen molar-refractivity contribution in [1.82, 2.24) is 5.43 Å². The first-order valence-electron chi connectivity index (χ1n) is 8.33. The van der Waals surface area contributed by atoms with Crippen molar-refractivity contribution in [2.45, 2.75) is 33.8 Å². The number of carbonyl (C=O) groups excluding carboxylic acids is 1. The number of hydrazone groups is 1. The van der Waals surface area contributed by atoms with Gasteiger partial charge in [-0.25, -0.2) is 5.43 Å². The van der Waals surface area contributed by atoms with Crippen LogP contribution in [0.5, 0.6) is 11.5 Å². The van der Waals surface area contributed by atoms with Crippen LogP contribution in [0.3, 0.4) is 0 Å². The minimum atomic E-state index is -0.237. The molecule has 0 heterocycles. The Morgan fingerprint density at radius 2 is 1.96 bits per heavy atom. The van der Waals surface area contributed by atoms with Crippen LogP contribution in [0.1, 0.15) is 42.3 Å². The van der Waals surface area contributed by atoms with Gasteiger partial charge in [0.25, 0.3) is 5.91 Å². The number of aryl methyl sites for hydroxylation is 1. The van der Waals surface area contributed by atoms with Crippen molar-refractivity contribution in [3.05, 3.63) is 59.2 Å². The molecule has 0 radical (unpaired) electrons. The van der Waals surface area contributed by atoms with E-state index in [1.165, 1.54) is 0 Å². The van der Waals surface area contributed by atoms with Crippen molar-refractivity contribution >= 4 is 12.1 Å². The minimum Gasteiger partial charge on any atom is -0.490 e. The van der Waals surface area contributed by atoms with E-state index in [4.69, 9.17) is 9.47 Å². The summed E-state index contributed by atoms with van der Waals surface area (Å²) in [4.78, 5) is 12.1. The Balaban J connectivity index is 2.09. The zero-order chi connectivity index (χ0) is 18.2. The highest BCUT2D eigenvalue weighted by Crippen LogP contribution is 2.28. The van der Waals surface area contributed by atoms with Crippen LogP contribution < -0.4 is 14.9 Å². The first kappa shape index (κ1) is 18.5. The quantitative estimate of drug-likeness (QED) is 0.613. The van der Waals surface area contributed by atoms with Crippen LogP contribution >= 0.6 is 0 Å². The SMILES string of the molecule is CCOc1cc(/C=N/NC(=O)c2ccccc2C)ccc1OC(C)C. The van der Waals surface area contributed by atoms with Crippen LogP contribution in [0.25, 0.3) is 0 Å². The van der Waals surface area contributed by atoms with E-state index in [9.17, 15) is 4.79 Å². The Labute approximate surface area is 148 Å². The van der Waals surface area contributed by atoms with E-state index in [1.807, 2.05) is 64.1 Å². The maximum Gasteiger partial charge on any atom is 0.271 e. The van der Waals surface area contributed by atoms with E-state index in [-0.39, 0.29) is 12.0 Å². The summed E-state index contributed by atoms with van der Waals surface area (Å²) in [6, 6.07) is 12.9. The predicted molar refractivity (Wildman–Crippen MR) is 99.6 cm³/mol. The molecule has 5 nitrogen and oxygen atoms in total. The fraction of sp³-hybridized carbons (Fsp3) is 0.300. The minimum absolute atomic E-state index is 0.0622. The maximum absolute atomic E-state index is 12.1. The van der Waals surface area contributed by atoms with Crippen molar-refractivity contribution in [2.75, 3.05) is 6.61 Å². The second-order valence-electron chi connectivity index (χ2n) is 5.82. The predicted octanol–water partition coefficient (Wildman–Crippen LogP) is 3.94. The molecule has 0 aliphatic heterocycles. The molecule has 0 aliphatic rings. The second-order valence-corrected chi connectivity index (χ2v) is 5.82.